The Balaban J connectivity index is 2.30. The Labute approximate surface area is 99.2 Å². The lowest BCUT2D eigenvalue weighted by atomic mass is 10.1. The van der Waals surface area contributed by atoms with Crippen LogP contribution in [0.3, 0.4) is 0 Å². The third-order valence-electron chi connectivity index (χ3n) is 2.71. The topological polar surface area (TPSA) is 38.7 Å². The van der Waals surface area contributed by atoms with E-state index in [1.165, 1.54) is 0 Å². The highest BCUT2D eigenvalue weighted by Crippen LogP contribution is 2.25. The van der Waals surface area contributed by atoms with E-state index in [0.717, 1.165) is 27.9 Å². The van der Waals surface area contributed by atoms with Gasteiger partial charge in [-0.2, -0.15) is 0 Å². The predicted octanol–water partition coefficient (Wildman–Crippen LogP) is 3.00. The normalized spacial score (nSPS) is 10.6. The molecule has 0 N–H and O–H groups in total. The summed E-state index contributed by atoms with van der Waals surface area (Å²) in [6.07, 6.45) is 3.40. The third-order valence-corrected chi connectivity index (χ3v) is 2.71. The Hall–Kier alpha value is -2.29. The van der Waals surface area contributed by atoms with Crippen molar-refractivity contribution in [2.75, 3.05) is 0 Å². The van der Waals surface area contributed by atoms with Crippen LogP contribution in [0.15, 0.2) is 48.9 Å². The molecule has 3 rings (SSSR count). The van der Waals surface area contributed by atoms with E-state index in [-0.39, 0.29) is 0 Å². The maximum Gasteiger partial charge on any atom is 0.116 e. The van der Waals surface area contributed by atoms with E-state index in [0.29, 0.717) is 0 Å². The number of aromatic nitrogens is 3. The van der Waals surface area contributed by atoms with Gasteiger partial charge in [-0.05, 0) is 19.1 Å². The lowest BCUT2D eigenvalue weighted by molar-refractivity contribution is 1.11. The van der Waals surface area contributed by atoms with Gasteiger partial charge in [-0.3, -0.25) is 4.98 Å². The number of hydrogen-bond acceptors (Lipinski definition) is 3. The number of nitrogens with zero attached hydrogens (tertiary/aromatic N) is 3. The maximum atomic E-state index is 4.43. The molecule has 0 spiro atoms. The SMILES string of the molecule is Cc1cc(-c2cccc3cccnc23)ncn1. The standard InChI is InChI=1S/C14H11N3/c1-10-8-13(17-9-16-10)12-6-2-4-11-5-3-7-15-14(11)12/h2-9H,1H3. The molecule has 1 aromatic carbocycles. The summed E-state index contributed by atoms with van der Waals surface area (Å²) >= 11 is 0. The zero-order valence-corrected chi connectivity index (χ0v) is 9.46. The Morgan fingerprint density at radius 1 is 0.941 bits per heavy atom. The van der Waals surface area contributed by atoms with E-state index in [9.17, 15) is 0 Å². The van der Waals surface area contributed by atoms with Crippen molar-refractivity contribution in [1.29, 1.82) is 0 Å². The highest BCUT2D eigenvalue weighted by Gasteiger charge is 2.05. The first kappa shape index (κ1) is 9.90. The maximum absolute atomic E-state index is 4.43. The van der Waals surface area contributed by atoms with Gasteiger partial charge in [0.1, 0.15) is 6.33 Å². The van der Waals surface area contributed by atoms with E-state index in [1.807, 2.05) is 31.2 Å². The lowest BCUT2D eigenvalue weighted by Crippen LogP contribution is -1.90. The molecule has 0 aliphatic heterocycles. The predicted molar refractivity (Wildman–Crippen MR) is 67.5 cm³/mol. The summed E-state index contributed by atoms with van der Waals surface area (Å²) < 4.78 is 0. The second kappa shape index (κ2) is 3.94. The van der Waals surface area contributed by atoms with Crippen molar-refractivity contribution in [3.8, 4) is 11.3 Å². The molecule has 2 heterocycles. The van der Waals surface area contributed by atoms with Crippen molar-refractivity contribution < 1.29 is 0 Å². The molecule has 0 aliphatic carbocycles. The van der Waals surface area contributed by atoms with Crippen molar-refractivity contribution in [2.45, 2.75) is 6.92 Å². The molecule has 0 fully saturated rings. The zero-order valence-electron chi connectivity index (χ0n) is 9.46. The van der Waals surface area contributed by atoms with Gasteiger partial charge in [0, 0.05) is 22.8 Å². The average Bonchev–Trinajstić information content (AvgIpc) is 2.38. The van der Waals surface area contributed by atoms with Crippen LogP contribution in [0, 0.1) is 6.92 Å². The molecule has 0 bridgehead atoms. The van der Waals surface area contributed by atoms with Gasteiger partial charge in [-0.15, -0.1) is 0 Å². The third kappa shape index (κ3) is 1.76. The molecule has 0 amide bonds. The molecule has 82 valence electrons. The van der Waals surface area contributed by atoms with E-state index in [4.69, 9.17) is 0 Å². The van der Waals surface area contributed by atoms with E-state index >= 15 is 0 Å². The van der Waals surface area contributed by atoms with Gasteiger partial charge in [-0.25, -0.2) is 9.97 Å². The fourth-order valence-electron chi connectivity index (χ4n) is 1.91. The number of aryl methyl sites for hydroxylation is 1. The molecule has 0 aliphatic rings. The first-order valence-electron chi connectivity index (χ1n) is 5.47. The van der Waals surface area contributed by atoms with Crippen molar-refractivity contribution in [1.82, 2.24) is 15.0 Å². The summed E-state index contributed by atoms with van der Waals surface area (Å²) in [5.74, 6) is 0. The van der Waals surface area contributed by atoms with Gasteiger partial charge in [0.2, 0.25) is 0 Å². The second-order valence-electron chi connectivity index (χ2n) is 3.93. The molecule has 0 atom stereocenters. The summed E-state index contributed by atoms with van der Waals surface area (Å²) in [6, 6.07) is 12.1. The molecule has 0 unspecified atom stereocenters. The van der Waals surface area contributed by atoms with E-state index < -0.39 is 0 Å². The van der Waals surface area contributed by atoms with Crippen LogP contribution in [0.5, 0.6) is 0 Å². The molecular weight excluding hydrogens is 210 g/mol. The Morgan fingerprint density at radius 3 is 2.71 bits per heavy atom. The molecule has 17 heavy (non-hydrogen) atoms. The van der Waals surface area contributed by atoms with Crippen molar-refractivity contribution in [2.24, 2.45) is 0 Å². The van der Waals surface area contributed by atoms with E-state index in [2.05, 4.69) is 27.1 Å². The van der Waals surface area contributed by atoms with Crippen LogP contribution < -0.4 is 0 Å². The quantitative estimate of drug-likeness (QED) is 0.634. The molecule has 3 nitrogen and oxygen atoms in total. The van der Waals surface area contributed by atoms with Crippen LogP contribution in [0.2, 0.25) is 0 Å². The Morgan fingerprint density at radius 2 is 1.82 bits per heavy atom. The van der Waals surface area contributed by atoms with Crippen LogP contribution in [-0.4, -0.2) is 15.0 Å². The zero-order chi connectivity index (χ0) is 11.7. The van der Waals surface area contributed by atoms with Gasteiger partial charge in [0.05, 0.1) is 11.2 Å². The minimum absolute atomic E-state index is 0.918. The number of rotatable bonds is 1. The highest BCUT2D eigenvalue weighted by atomic mass is 14.8. The van der Waals surface area contributed by atoms with Crippen LogP contribution in [0.25, 0.3) is 22.2 Å². The summed E-state index contributed by atoms with van der Waals surface area (Å²) in [6.45, 7) is 1.96. The fourth-order valence-corrected chi connectivity index (χ4v) is 1.91. The number of benzene rings is 1. The second-order valence-corrected chi connectivity index (χ2v) is 3.93. The van der Waals surface area contributed by atoms with Crippen molar-refractivity contribution >= 4 is 10.9 Å². The fraction of sp³-hybridized carbons (Fsp3) is 0.0714. The van der Waals surface area contributed by atoms with Crippen LogP contribution in [0.4, 0.5) is 0 Å². The molecule has 3 aromatic rings. The molecule has 3 heteroatoms. The summed E-state index contributed by atoms with van der Waals surface area (Å²) in [7, 11) is 0. The summed E-state index contributed by atoms with van der Waals surface area (Å²) in [5, 5.41) is 1.13. The monoisotopic (exact) mass is 221 g/mol. The number of hydrogen-bond donors (Lipinski definition) is 0. The van der Waals surface area contributed by atoms with Crippen molar-refractivity contribution in [3.05, 3.63) is 54.6 Å². The molecule has 0 saturated heterocycles. The largest absolute Gasteiger partial charge is 0.256 e. The molecule has 0 saturated carbocycles. The first-order chi connectivity index (χ1) is 8.34. The number of fused-ring (bicyclic) bond motifs is 1. The Kier molecular flexibility index (Phi) is 2.29. The van der Waals surface area contributed by atoms with Gasteiger partial charge in [-0.1, -0.05) is 24.3 Å². The van der Waals surface area contributed by atoms with Crippen LogP contribution >= 0.6 is 0 Å². The lowest BCUT2D eigenvalue weighted by Gasteiger charge is -2.05. The minimum Gasteiger partial charge on any atom is -0.256 e. The number of pyridine rings is 1. The minimum atomic E-state index is 0.918. The van der Waals surface area contributed by atoms with E-state index in [1.54, 1.807) is 12.5 Å². The van der Waals surface area contributed by atoms with Gasteiger partial charge in [0.15, 0.2) is 0 Å². The smallest absolute Gasteiger partial charge is 0.116 e. The molecule has 2 aromatic heterocycles. The number of para-hydroxylation sites is 1. The molecular formula is C14H11N3. The van der Waals surface area contributed by atoms with Crippen LogP contribution in [0.1, 0.15) is 5.69 Å². The Bertz CT molecular complexity index is 672. The van der Waals surface area contributed by atoms with Gasteiger partial charge >= 0.3 is 0 Å². The van der Waals surface area contributed by atoms with Gasteiger partial charge in [0.25, 0.3) is 0 Å². The summed E-state index contributed by atoms with van der Waals surface area (Å²) in [5.41, 5.74) is 3.91. The highest BCUT2D eigenvalue weighted by molar-refractivity contribution is 5.92. The van der Waals surface area contributed by atoms with Crippen LogP contribution in [-0.2, 0) is 0 Å². The first-order valence-corrected chi connectivity index (χ1v) is 5.47. The summed E-state index contributed by atoms with van der Waals surface area (Å²) in [4.78, 5) is 12.8. The van der Waals surface area contributed by atoms with Crippen molar-refractivity contribution in [3.63, 3.8) is 0 Å². The van der Waals surface area contributed by atoms with Gasteiger partial charge < -0.3 is 0 Å². The average molecular weight is 221 g/mol. The molecule has 0 radical (unpaired) electrons.